The highest BCUT2D eigenvalue weighted by molar-refractivity contribution is 5.42. The van der Waals surface area contributed by atoms with Gasteiger partial charge >= 0.3 is 6.18 Å². The molecule has 92 valence electrons. The Morgan fingerprint density at radius 3 is 2.61 bits per heavy atom. The molecule has 0 bridgehead atoms. The monoisotopic (exact) mass is 251 g/mol. The second-order valence-electron chi connectivity index (χ2n) is 3.74. The van der Waals surface area contributed by atoms with E-state index in [-0.39, 0.29) is 16.9 Å². The highest BCUT2D eigenvalue weighted by Gasteiger charge is 2.35. The maximum absolute atomic E-state index is 12.8. The largest absolute Gasteiger partial charge is 0.433 e. The number of nitrogens with zero attached hydrogens (tertiary/aromatic N) is 3. The van der Waals surface area contributed by atoms with Gasteiger partial charge in [0, 0.05) is 0 Å². The van der Waals surface area contributed by atoms with Gasteiger partial charge < -0.3 is 0 Å². The molecule has 0 fully saturated rings. The van der Waals surface area contributed by atoms with Gasteiger partial charge in [0.1, 0.15) is 5.69 Å². The molecule has 0 aliphatic heterocycles. The van der Waals surface area contributed by atoms with Crippen LogP contribution in [0.25, 0.3) is 5.69 Å². The predicted molar refractivity (Wildman–Crippen MR) is 58.0 cm³/mol. The van der Waals surface area contributed by atoms with Gasteiger partial charge in [-0.3, -0.25) is 0 Å². The van der Waals surface area contributed by atoms with Crippen LogP contribution in [-0.4, -0.2) is 9.78 Å². The van der Waals surface area contributed by atoms with E-state index >= 15 is 0 Å². The molecule has 0 atom stereocenters. The molecule has 1 aromatic heterocycles. The van der Waals surface area contributed by atoms with Crippen LogP contribution in [0.15, 0.2) is 30.3 Å². The lowest BCUT2D eigenvalue weighted by Crippen LogP contribution is -2.13. The lowest BCUT2D eigenvalue weighted by molar-refractivity contribution is -0.142. The standard InChI is InChI=1S/C12H8F3N3/c1-8-5-11(12(13,14)15)18(17-8)10-4-2-3-9(6-10)7-16/h2-6H,1H3. The fraction of sp³-hybridized carbons (Fsp3) is 0.167. The van der Waals surface area contributed by atoms with Gasteiger partial charge in [0.2, 0.25) is 0 Å². The minimum atomic E-state index is -4.48. The molecule has 0 aliphatic rings. The highest BCUT2D eigenvalue weighted by Crippen LogP contribution is 2.31. The maximum Gasteiger partial charge on any atom is 0.433 e. The van der Waals surface area contributed by atoms with Crippen molar-refractivity contribution in [3.63, 3.8) is 0 Å². The summed E-state index contributed by atoms with van der Waals surface area (Å²) in [7, 11) is 0. The van der Waals surface area contributed by atoms with Crippen molar-refractivity contribution in [2.24, 2.45) is 0 Å². The molecule has 2 rings (SSSR count). The molecule has 2 aromatic rings. The maximum atomic E-state index is 12.8. The van der Waals surface area contributed by atoms with Crippen LogP contribution in [0.4, 0.5) is 13.2 Å². The molecule has 18 heavy (non-hydrogen) atoms. The third-order valence-corrected chi connectivity index (χ3v) is 2.34. The summed E-state index contributed by atoms with van der Waals surface area (Å²) in [6, 6.07) is 8.73. The van der Waals surface area contributed by atoms with Crippen LogP contribution < -0.4 is 0 Å². The Hall–Kier alpha value is -2.29. The van der Waals surface area contributed by atoms with Crippen molar-refractivity contribution in [3.05, 3.63) is 47.3 Å². The van der Waals surface area contributed by atoms with Gasteiger partial charge in [-0.05, 0) is 31.2 Å². The molecule has 0 saturated heterocycles. The van der Waals surface area contributed by atoms with Gasteiger partial charge in [-0.15, -0.1) is 0 Å². The third-order valence-electron chi connectivity index (χ3n) is 2.34. The predicted octanol–water partition coefficient (Wildman–Crippen LogP) is 3.07. The average molecular weight is 251 g/mol. The number of nitriles is 1. The summed E-state index contributed by atoms with van der Waals surface area (Å²) in [5.74, 6) is 0. The quantitative estimate of drug-likeness (QED) is 0.781. The van der Waals surface area contributed by atoms with Crippen LogP contribution >= 0.6 is 0 Å². The Morgan fingerprint density at radius 1 is 1.28 bits per heavy atom. The van der Waals surface area contributed by atoms with Crippen molar-refractivity contribution in [2.75, 3.05) is 0 Å². The van der Waals surface area contributed by atoms with Crippen LogP contribution in [0.1, 0.15) is 17.0 Å². The zero-order chi connectivity index (χ0) is 13.3. The fourth-order valence-electron chi connectivity index (χ4n) is 1.61. The molecule has 0 radical (unpaired) electrons. The van der Waals surface area contributed by atoms with E-state index in [0.29, 0.717) is 0 Å². The van der Waals surface area contributed by atoms with Crippen molar-refractivity contribution in [3.8, 4) is 11.8 Å². The van der Waals surface area contributed by atoms with E-state index in [9.17, 15) is 13.2 Å². The summed E-state index contributed by atoms with van der Waals surface area (Å²) in [5, 5.41) is 12.6. The minimum Gasteiger partial charge on any atom is -0.228 e. The molecule has 0 N–H and O–H groups in total. The van der Waals surface area contributed by atoms with E-state index in [1.165, 1.54) is 31.2 Å². The molecule has 1 aromatic carbocycles. The molecular formula is C12H8F3N3. The highest BCUT2D eigenvalue weighted by atomic mass is 19.4. The number of aromatic nitrogens is 2. The summed E-state index contributed by atoms with van der Waals surface area (Å²) in [6.07, 6.45) is -4.48. The molecule has 0 unspecified atom stereocenters. The zero-order valence-corrected chi connectivity index (χ0v) is 9.36. The lowest BCUT2D eigenvalue weighted by atomic mass is 10.2. The van der Waals surface area contributed by atoms with E-state index in [0.717, 1.165) is 10.7 Å². The van der Waals surface area contributed by atoms with Crippen molar-refractivity contribution in [1.82, 2.24) is 9.78 Å². The molecule has 0 amide bonds. The fourth-order valence-corrected chi connectivity index (χ4v) is 1.61. The second-order valence-corrected chi connectivity index (χ2v) is 3.74. The Labute approximate surface area is 101 Å². The Bertz CT molecular complexity index is 620. The van der Waals surface area contributed by atoms with Gasteiger partial charge in [-0.2, -0.15) is 23.5 Å². The normalized spacial score (nSPS) is 11.3. The first-order valence-electron chi connectivity index (χ1n) is 5.06. The van der Waals surface area contributed by atoms with Gasteiger partial charge in [0.05, 0.1) is 23.0 Å². The Balaban J connectivity index is 2.61. The summed E-state index contributed by atoms with van der Waals surface area (Å²) in [4.78, 5) is 0. The van der Waals surface area contributed by atoms with Crippen molar-refractivity contribution in [1.29, 1.82) is 5.26 Å². The zero-order valence-electron chi connectivity index (χ0n) is 9.36. The topological polar surface area (TPSA) is 41.6 Å². The molecule has 0 spiro atoms. The second kappa shape index (κ2) is 4.18. The first-order valence-corrected chi connectivity index (χ1v) is 5.06. The van der Waals surface area contributed by atoms with E-state index in [2.05, 4.69) is 5.10 Å². The number of hydrogen-bond acceptors (Lipinski definition) is 2. The third kappa shape index (κ3) is 2.20. The van der Waals surface area contributed by atoms with Gasteiger partial charge in [0.15, 0.2) is 0 Å². The van der Waals surface area contributed by atoms with Crippen LogP contribution in [0.3, 0.4) is 0 Å². The SMILES string of the molecule is Cc1cc(C(F)(F)F)n(-c2cccc(C#N)c2)n1. The van der Waals surface area contributed by atoms with Crippen LogP contribution in [0, 0.1) is 18.3 Å². The van der Waals surface area contributed by atoms with E-state index in [4.69, 9.17) is 5.26 Å². The van der Waals surface area contributed by atoms with Crippen molar-refractivity contribution in [2.45, 2.75) is 13.1 Å². The summed E-state index contributed by atoms with van der Waals surface area (Å²) < 4.78 is 39.2. The van der Waals surface area contributed by atoms with Gasteiger partial charge in [0.25, 0.3) is 0 Å². The summed E-state index contributed by atoms with van der Waals surface area (Å²) >= 11 is 0. The van der Waals surface area contributed by atoms with E-state index in [1.54, 1.807) is 0 Å². The number of hydrogen-bond donors (Lipinski definition) is 0. The van der Waals surface area contributed by atoms with E-state index < -0.39 is 11.9 Å². The van der Waals surface area contributed by atoms with Crippen LogP contribution in [-0.2, 0) is 6.18 Å². The first-order chi connectivity index (χ1) is 8.41. The van der Waals surface area contributed by atoms with E-state index in [1.807, 2.05) is 6.07 Å². The number of aryl methyl sites for hydroxylation is 1. The summed E-state index contributed by atoms with van der Waals surface area (Å²) in [5.41, 5.74) is -0.0805. The molecule has 1 heterocycles. The smallest absolute Gasteiger partial charge is 0.228 e. The van der Waals surface area contributed by atoms with Crippen molar-refractivity contribution >= 4 is 0 Å². The van der Waals surface area contributed by atoms with Crippen molar-refractivity contribution < 1.29 is 13.2 Å². The molecule has 0 saturated carbocycles. The van der Waals surface area contributed by atoms with Gasteiger partial charge in [-0.25, -0.2) is 4.68 Å². The lowest BCUT2D eigenvalue weighted by Gasteiger charge is -2.10. The average Bonchev–Trinajstić information content (AvgIpc) is 2.71. The Kier molecular flexibility index (Phi) is 2.83. The Morgan fingerprint density at radius 2 is 2.00 bits per heavy atom. The van der Waals surface area contributed by atoms with Crippen LogP contribution in [0.5, 0.6) is 0 Å². The minimum absolute atomic E-state index is 0.217. The van der Waals surface area contributed by atoms with Gasteiger partial charge in [-0.1, -0.05) is 6.07 Å². The number of rotatable bonds is 1. The van der Waals surface area contributed by atoms with Crippen LogP contribution in [0.2, 0.25) is 0 Å². The molecule has 6 heteroatoms. The number of halogens is 3. The number of benzene rings is 1. The molecular weight excluding hydrogens is 243 g/mol. The summed E-state index contributed by atoms with van der Waals surface area (Å²) in [6.45, 7) is 1.49. The molecule has 3 nitrogen and oxygen atoms in total. The molecule has 0 aliphatic carbocycles. The first kappa shape index (κ1) is 12.2. The number of alkyl halides is 3.